The van der Waals surface area contributed by atoms with Crippen molar-refractivity contribution in [2.24, 2.45) is 0 Å². The van der Waals surface area contributed by atoms with Crippen LogP contribution in [0.3, 0.4) is 0 Å². The maximum Gasteiger partial charge on any atom is 0.416 e. The monoisotopic (exact) mass is 1070 g/mol. The smallest absolute Gasteiger partial charge is 0.416 e. The first-order chi connectivity index (χ1) is 33.0. The minimum absolute atomic E-state index is 0. The summed E-state index contributed by atoms with van der Waals surface area (Å²) in [5, 5.41) is 28.0. The van der Waals surface area contributed by atoms with E-state index in [0.717, 1.165) is 72.5 Å². The van der Waals surface area contributed by atoms with Gasteiger partial charge in [0.1, 0.15) is 40.3 Å². The van der Waals surface area contributed by atoms with Gasteiger partial charge in [0.15, 0.2) is 12.6 Å². The summed E-state index contributed by atoms with van der Waals surface area (Å²) in [6.07, 6.45) is -3.50. The molecule has 2 aliphatic heterocycles. The molecule has 2 unspecified atom stereocenters. The van der Waals surface area contributed by atoms with Crippen LogP contribution in [0, 0.1) is 22.7 Å². The zero-order valence-corrected chi connectivity index (χ0v) is 40.1. The number of aromatic nitrogens is 2. The molecule has 0 aliphatic carbocycles. The Balaban J connectivity index is 0.000000221. The molecule has 4 aromatic carbocycles. The molecule has 70 heavy (non-hydrogen) atoms. The van der Waals surface area contributed by atoms with Gasteiger partial charge in [0, 0.05) is 35.3 Å². The number of nitriles is 2. The Hall–Kier alpha value is -4.99. The lowest BCUT2D eigenvalue weighted by molar-refractivity contribution is -0.169. The van der Waals surface area contributed by atoms with E-state index in [1.165, 1.54) is 65.1 Å². The van der Waals surface area contributed by atoms with Crippen molar-refractivity contribution in [3.63, 3.8) is 0 Å². The molecule has 0 bridgehead atoms. The van der Waals surface area contributed by atoms with E-state index in [1.807, 2.05) is 12.1 Å². The standard InChI is InChI=1S/C24H20ClF3N2O3S.C17H17ClF3NO2S.C7H4ClNO.CH4/c25-19-11-18(9-6-16(19)12-29)32-14-21-20(13-33-22-3-1-2-10-31-22)30-23(34-21)15-4-7-17(8-5-15)24(26,27)28;18-9-14-13(10-24-15-3-1-2-8-23-15)22-16(25-14)11-4-6-12(7-5-11)17(19,20)21;8-7-3-6(10)2-1-5(7)4-9;/h4-9,11,22H,1-3,10,13-14H2;4-7,15H,1-3,8-10H2;1-3,10H;1H4. The first-order valence-corrected chi connectivity index (χ1v) is 24.0. The van der Waals surface area contributed by atoms with E-state index < -0.39 is 23.5 Å². The summed E-state index contributed by atoms with van der Waals surface area (Å²) >= 11 is 20.3. The number of alkyl halides is 7. The highest BCUT2D eigenvalue weighted by molar-refractivity contribution is 7.15. The Morgan fingerprint density at radius 2 is 1.10 bits per heavy atom. The highest BCUT2D eigenvalue weighted by atomic mass is 35.5. The van der Waals surface area contributed by atoms with E-state index in [4.69, 9.17) is 74.1 Å². The SMILES string of the molecule is C.FC(F)(F)c1ccc(-c2nc(COC3CCCCO3)c(CCl)s2)cc1.N#Cc1ccc(O)cc1Cl.N#Cc1ccc(OCc2sc(-c3ccc(C(F)(F)F)cc3)nc2COC2CCCCO2)cc1Cl. The largest absolute Gasteiger partial charge is 0.508 e. The number of hydrogen-bond donors (Lipinski definition) is 1. The predicted molar refractivity (Wildman–Crippen MR) is 256 cm³/mol. The molecule has 2 saturated heterocycles. The van der Waals surface area contributed by atoms with Gasteiger partial charge in [-0.05, 0) is 93.1 Å². The van der Waals surface area contributed by atoms with E-state index in [1.54, 1.807) is 18.2 Å². The van der Waals surface area contributed by atoms with Crippen molar-refractivity contribution in [1.82, 2.24) is 9.97 Å². The van der Waals surface area contributed by atoms with Crippen molar-refractivity contribution in [1.29, 1.82) is 10.5 Å². The lowest BCUT2D eigenvalue weighted by Gasteiger charge is -2.22. The summed E-state index contributed by atoms with van der Waals surface area (Å²) in [5.41, 5.74) is 1.87. The molecule has 6 aromatic rings. The Kier molecular flexibility index (Phi) is 21.1. The molecule has 0 spiro atoms. The summed E-state index contributed by atoms with van der Waals surface area (Å²) in [6, 6.07) is 22.7. The van der Waals surface area contributed by atoms with Gasteiger partial charge in [-0.1, -0.05) is 54.9 Å². The van der Waals surface area contributed by atoms with Crippen LogP contribution in [0.25, 0.3) is 21.1 Å². The number of ether oxygens (including phenoxy) is 5. The number of aromatic hydroxyl groups is 1. The van der Waals surface area contributed by atoms with Crippen LogP contribution in [-0.4, -0.2) is 40.9 Å². The van der Waals surface area contributed by atoms with Crippen LogP contribution in [0.4, 0.5) is 26.3 Å². The summed E-state index contributed by atoms with van der Waals surface area (Å²) in [4.78, 5) is 10.7. The zero-order chi connectivity index (χ0) is 49.6. The van der Waals surface area contributed by atoms with Crippen LogP contribution in [0.5, 0.6) is 11.5 Å². The topological polar surface area (TPSA) is 140 Å². The average molecular weight is 1070 g/mol. The summed E-state index contributed by atoms with van der Waals surface area (Å²) in [6.45, 7) is 1.97. The van der Waals surface area contributed by atoms with Crippen LogP contribution in [-0.2, 0) is 57.0 Å². The van der Waals surface area contributed by atoms with Crippen molar-refractivity contribution < 1.29 is 55.1 Å². The Morgan fingerprint density at radius 1 is 0.643 bits per heavy atom. The number of phenols is 1. The molecule has 2 aromatic heterocycles. The summed E-state index contributed by atoms with van der Waals surface area (Å²) < 4.78 is 105. The maximum absolute atomic E-state index is 12.9. The zero-order valence-electron chi connectivity index (χ0n) is 36.2. The fourth-order valence-electron chi connectivity index (χ4n) is 6.51. The average Bonchev–Trinajstić information content (AvgIpc) is 3.97. The lowest BCUT2D eigenvalue weighted by Crippen LogP contribution is -2.22. The highest BCUT2D eigenvalue weighted by Crippen LogP contribution is 2.36. The van der Waals surface area contributed by atoms with Gasteiger partial charge in [-0.2, -0.15) is 36.9 Å². The van der Waals surface area contributed by atoms with E-state index >= 15 is 0 Å². The molecule has 8 rings (SSSR count). The van der Waals surface area contributed by atoms with Gasteiger partial charge in [-0.25, -0.2) is 9.97 Å². The molecular weight excluding hydrogens is 1030 g/mol. The Morgan fingerprint density at radius 3 is 1.51 bits per heavy atom. The third-order valence-corrected chi connectivity index (χ3v) is 13.5. The lowest BCUT2D eigenvalue weighted by atomic mass is 10.1. The van der Waals surface area contributed by atoms with Crippen molar-refractivity contribution in [2.45, 2.75) is 96.6 Å². The van der Waals surface area contributed by atoms with Gasteiger partial charge in [0.2, 0.25) is 0 Å². The third-order valence-electron chi connectivity index (χ3n) is 10.2. The second-order valence-corrected chi connectivity index (χ2v) is 18.3. The number of nitrogens with zero attached hydrogens (tertiary/aromatic N) is 4. The van der Waals surface area contributed by atoms with Crippen molar-refractivity contribution >= 4 is 57.5 Å². The molecule has 0 amide bonds. The molecule has 10 nitrogen and oxygen atoms in total. The Bertz CT molecular complexity index is 2700. The predicted octanol–water partition coefficient (Wildman–Crippen LogP) is 15.1. The van der Waals surface area contributed by atoms with Crippen LogP contribution in [0.1, 0.15) is 89.3 Å². The van der Waals surface area contributed by atoms with Crippen molar-refractivity contribution in [3.8, 4) is 44.8 Å². The van der Waals surface area contributed by atoms with Gasteiger partial charge < -0.3 is 28.8 Å². The van der Waals surface area contributed by atoms with Crippen LogP contribution in [0.15, 0.2) is 84.9 Å². The van der Waals surface area contributed by atoms with E-state index in [2.05, 4.69) is 9.97 Å². The molecule has 2 atom stereocenters. The van der Waals surface area contributed by atoms with Gasteiger partial charge >= 0.3 is 12.4 Å². The molecule has 4 heterocycles. The summed E-state index contributed by atoms with van der Waals surface area (Å²) in [5.74, 6) is 0.836. The van der Waals surface area contributed by atoms with Crippen molar-refractivity contribution in [2.75, 3.05) is 13.2 Å². The number of halogens is 9. The maximum atomic E-state index is 12.9. The van der Waals surface area contributed by atoms with Crippen LogP contribution in [0.2, 0.25) is 10.0 Å². The van der Waals surface area contributed by atoms with Crippen molar-refractivity contribution in [3.05, 3.63) is 138 Å². The second kappa shape index (κ2) is 26.5. The fourth-order valence-corrected chi connectivity index (χ4v) is 9.16. The van der Waals surface area contributed by atoms with Crippen LogP contribution >= 0.6 is 57.5 Å². The minimum atomic E-state index is -4.40. The number of hydrogen-bond acceptors (Lipinski definition) is 12. The van der Waals surface area contributed by atoms with Gasteiger partial charge in [0.25, 0.3) is 0 Å². The highest BCUT2D eigenvalue weighted by Gasteiger charge is 2.31. The van der Waals surface area contributed by atoms with Crippen LogP contribution < -0.4 is 4.74 Å². The molecule has 0 saturated carbocycles. The minimum Gasteiger partial charge on any atom is -0.508 e. The molecule has 2 fully saturated rings. The molecule has 2 aliphatic rings. The molecular formula is C49H45Cl3F6N4O6S2. The first-order valence-electron chi connectivity index (χ1n) is 21.1. The molecule has 21 heteroatoms. The third kappa shape index (κ3) is 16.3. The Labute approximate surface area is 423 Å². The molecule has 0 radical (unpaired) electrons. The number of thiazole rings is 2. The fraction of sp³-hybridized carbons (Fsp3) is 0.347. The van der Waals surface area contributed by atoms with E-state index in [-0.39, 0.29) is 61.5 Å². The number of rotatable bonds is 12. The van der Waals surface area contributed by atoms with E-state index in [0.29, 0.717) is 62.6 Å². The summed E-state index contributed by atoms with van der Waals surface area (Å²) in [7, 11) is 0. The van der Waals surface area contributed by atoms with Gasteiger partial charge in [-0.15, -0.1) is 34.3 Å². The van der Waals surface area contributed by atoms with Gasteiger partial charge in [-0.3, -0.25) is 0 Å². The normalized spacial score (nSPS) is 15.8. The number of phenolic OH excluding ortho intramolecular Hbond substituents is 1. The molecule has 1 N–H and O–H groups in total. The second-order valence-electron chi connectivity index (χ2n) is 15.1. The first kappa shape index (κ1) is 55.9. The quantitative estimate of drug-likeness (QED) is 0.0930. The molecule has 372 valence electrons. The van der Waals surface area contributed by atoms with E-state index in [9.17, 15) is 26.3 Å². The van der Waals surface area contributed by atoms with Gasteiger partial charge in [0.05, 0.1) is 67.7 Å². The number of benzene rings is 4.